The molecule has 3 heterocycles. The van der Waals surface area contributed by atoms with Gasteiger partial charge in [-0.25, -0.2) is 0 Å². The number of hydrogen-bond donors (Lipinski definition) is 1. The quantitative estimate of drug-likeness (QED) is 0.931. The monoisotopic (exact) mass is 325 g/mol. The minimum Gasteiger partial charge on any atom is -0.337 e. The molecular formula is C18H23N5O. The first kappa shape index (κ1) is 15.3. The van der Waals surface area contributed by atoms with Gasteiger partial charge in [-0.1, -0.05) is 0 Å². The van der Waals surface area contributed by atoms with Crippen molar-refractivity contribution < 1.29 is 4.79 Å². The second-order valence-corrected chi connectivity index (χ2v) is 6.67. The summed E-state index contributed by atoms with van der Waals surface area (Å²) in [6.45, 7) is 4.37. The molecule has 0 spiro atoms. The van der Waals surface area contributed by atoms with Gasteiger partial charge < -0.3 is 10.2 Å². The van der Waals surface area contributed by atoms with Crippen molar-refractivity contribution in [3.05, 3.63) is 36.2 Å². The van der Waals surface area contributed by atoms with Gasteiger partial charge in [-0.3, -0.25) is 14.5 Å². The van der Waals surface area contributed by atoms with E-state index in [0.29, 0.717) is 5.56 Å². The van der Waals surface area contributed by atoms with Gasteiger partial charge in [0.2, 0.25) is 0 Å². The molecule has 0 bridgehead atoms. The molecule has 24 heavy (non-hydrogen) atoms. The van der Waals surface area contributed by atoms with Crippen molar-refractivity contribution in [1.82, 2.24) is 25.0 Å². The van der Waals surface area contributed by atoms with Gasteiger partial charge >= 0.3 is 0 Å². The van der Waals surface area contributed by atoms with Crippen molar-refractivity contribution in [1.29, 1.82) is 0 Å². The van der Waals surface area contributed by atoms with Crippen LogP contribution >= 0.6 is 0 Å². The van der Waals surface area contributed by atoms with Crippen molar-refractivity contribution in [2.75, 3.05) is 26.2 Å². The Morgan fingerprint density at radius 1 is 1.21 bits per heavy atom. The second-order valence-electron chi connectivity index (χ2n) is 6.67. The standard InChI is InChI=1S/C18H23N5O/c24-18(22-10-1-7-19-9-11-22)15-4-5-16(20-12-15)17-6-8-21-23(17)13-14-2-3-14/h4-6,8,12,14,19H,1-3,7,9-11,13H2. The molecule has 4 rings (SSSR count). The molecule has 0 atom stereocenters. The van der Waals surface area contributed by atoms with Crippen molar-refractivity contribution in [2.24, 2.45) is 5.92 Å². The van der Waals surface area contributed by atoms with Gasteiger partial charge in [0.05, 0.1) is 17.0 Å². The first-order chi connectivity index (χ1) is 11.8. The van der Waals surface area contributed by atoms with E-state index in [1.54, 1.807) is 6.20 Å². The number of pyridine rings is 1. The smallest absolute Gasteiger partial charge is 0.255 e. The van der Waals surface area contributed by atoms with Gasteiger partial charge in [-0.2, -0.15) is 5.10 Å². The molecule has 2 fully saturated rings. The Hall–Kier alpha value is -2.21. The number of hydrogen-bond acceptors (Lipinski definition) is 4. The molecule has 1 aliphatic heterocycles. The predicted molar refractivity (Wildman–Crippen MR) is 91.6 cm³/mol. The molecule has 0 radical (unpaired) electrons. The summed E-state index contributed by atoms with van der Waals surface area (Å²) in [6.07, 6.45) is 7.11. The molecule has 0 aromatic carbocycles. The van der Waals surface area contributed by atoms with Gasteiger partial charge in [0.1, 0.15) is 0 Å². The third kappa shape index (κ3) is 3.33. The molecule has 0 unspecified atom stereocenters. The number of carbonyl (C=O) groups is 1. The Morgan fingerprint density at radius 2 is 2.12 bits per heavy atom. The highest BCUT2D eigenvalue weighted by Gasteiger charge is 2.23. The zero-order chi connectivity index (χ0) is 16.4. The molecule has 2 aliphatic rings. The fourth-order valence-electron chi connectivity index (χ4n) is 3.14. The maximum Gasteiger partial charge on any atom is 0.255 e. The summed E-state index contributed by atoms with van der Waals surface area (Å²) in [5.41, 5.74) is 2.57. The summed E-state index contributed by atoms with van der Waals surface area (Å²) in [6, 6.07) is 5.81. The molecule has 126 valence electrons. The summed E-state index contributed by atoms with van der Waals surface area (Å²) in [5.74, 6) is 0.838. The van der Waals surface area contributed by atoms with Crippen LogP contribution in [0.3, 0.4) is 0 Å². The van der Waals surface area contributed by atoms with Crippen molar-refractivity contribution in [3.63, 3.8) is 0 Å². The molecule has 6 heteroatoms. The van der Waals surface area contributed by atoms with Crippen LogP contribution in [0.4, 0.5) is 0 Å². The van der Waals surface area contributed by atoms with Crippen LogP contribution in [0.5, 0.6) is 0 Å². The van der Waals surface area contributed by atoms with Gasteiger partial charge in [-0.05, 0) is 49.9 Å². The summed E-state index contributed by atoms with van der Waals surface area (Å²) in [7, 11) is 0. The van der Waals surface area contributed by atoms with Gasteiger partial charge in [-0.15, -0.1) is 0 Å². The lowest BCUT2D eigenvalue weighted by Gasteiger charge is -2.19. The van der Waals surface area contributed by atoms with Crippen LogP contribution in [0, 0.1) is 5.92 Å². The van der Waals surface area contributed by atoms with Crippen LogP contribution in [-0.2, 0) is 6.54 Å². The molecule has 1 amide bonds. The fourth-order valence-corrected chi connectivity index (χ4v) is 3.14. The molecule has 1 saturated heterocycles. The minimum absolute atomic E-state index is 0.0734. The first-order valence-electron chi connectivity index (χ1n) is 8.79. The number of nitrogens with zero attached hydrogens (tertiary/aromatic N) is 4. The molecule has 1 aliphatic carbocycles. The van der Waals surface area contributed by atoms with E-state index in [4.69, 9.17) is 0 Å². The lowest BCUT2D eigenvalue weighted by Crippen LogP contribution is -2.34. The summed E-state index contributed by atoms with van der Waals surface area (Å²) >= 11 is 0. The highest BCUT2D eigenvalue weighted by atomic mass is 16.2. The van der Waals surface area contributed by atoms with Gasteiger partial charge in [0, 0.05) is 38.6 Å². The third-order valence-corrected chi connectivity index (χ3v) is 4.74. The van der Waals surface area contributed by atoms with Crippen molar-refractivity contribution in [3.8, 4) is 11.4 Å². The van der Waals surface area contributed by atoms with E-state index >= 15 is 0 Å². The molecular weight excluding hydrogens is 302 g/mol. The second kappa shape index (κ2) is 6.73. The SMILES string of the molecule is O=C(c1ccc(-c2ccnn2CC2CC2)nc1)N1CCCNCC1. The fraction of sp³-hybridized carbons (Fsp3) is 0.500. The number of rotatable bonds is 4. The number of nitrogens with one attached hydrogen (secondary N) is 1. The Bertz CT molecular complexity index is 696. The van der Waals surface area contributed by atoms with Crippen LogP contribution in [-0.4, -0.2) is 51.8 Å². The van der Waals surface area contributed by atoms with Crippen LogP contribution in [0.15, 0.2) is 30.6 Å². The van der Waals surface area contributed by atoms with E-state index in [9.17, 15) is 4.79 Å². The topological polar surface area (TPSA) is 63.1 Å². The van der Waals surface area contributed by atoms with Crippen LogP contribution < -0.4 is 5.32 Å². The molecule has 6 nitrogen and oxygen atoms in total. The normalized spacial score (nSPS) is 18.4. The molecule has 2 aromatic rings. The van der Waals surface area contributed by atoms with Crippen molar-refractivity contribution >= 4 is 5.91 Å². The van der Waals surface area contributed by atoms with E-state index in [1.807, 2.05) is 34.0 Å². The zero-order valence-corrected chi connectivity index (χ0v) is 13.8. The van der Waals surface area contributed by atoms with Crippen LogP contribution in [0.1, 0.15) is 29.6 Å². The van der Waals surface area contributed by atoms with Crippen LogP contribution in [0.2, 0.25) is 0 Å². The average molecular weight is 325 g/mol. The van der Waals surface area contributed by atoms with Crippen molar-refractivity contribution in [2.45, 2.75) is 25.8 Å². The Labute approximate surface area is 141 Å². The first-order valence-corrected chi connectivity index (χ1v) is 8.79. The predicted octanol–water partition coefficient (Wildman–Crippen LogP) is 1.79. The van der Waals surface area contributed by atoms with E-state index in [-0.39, 0.29) is 5.91 Å². The Kier molecular flexibility index (Phi) is 4.30. The Morgan fingerprint density at radius 3 is 2.92 bits per heavy atom. The summed E-state index contributed by atoms with van der Waals surface area (Å²) in [4.78, 5) is 19.0. The molecule has 2 aromatic heterocycles. The average Bonchev–Trinajstić information content (AvgIpc) is 3.37. The lowest BCUT2D eigenvalue weighted by atomic mass is 10.2. The van der Waals surface area contributed by atoms with E-state index in [2.05, 4.69) is 15.4 Å². The van der Waals surface area contributed by atoms with E-state index < -0.39 is 0 Å². The van der Waals surface area contributed by atoms with Gasteiger partial charge in [0.15, 0.2) is 0 Å². The lowest BCUT2D eigenvalue weighted by molar-refractivity contribution is 0.0766. The van der Waals surface area contributed by atoms with E-state index in [0.717, 1.165) is 56.5 Å². The number of aromatic nitrogens is 3. The van der Waals surface area contributed by atoms with Gasteiger partial charge in [0.25, 0.3) is 5.91 Å². The summed E-state index contributed by atoms with van der Waals surface area (Å²) in [5, 5.41) is 7.73. The number of amides is 1. The molecule has 1 saturated carbocycles. The maximum atomic E-state index is 12.6. The molecule has 1 N–H and O–H groups in total. The zero-order valence-electron chi connectivity index (χ0n) is 13.8. The maximum absolute atomic E-state index is 12.6. The third-order valence-electron chi connectivity index (χ3n) is 4.74. The van der Waals surface area contributed by atoms with E-state index in [1.165, 1.54) is 12.8 Å². The minimum atomic E-state index is 0.0734. The largest absolute Gasteiger partial charge is 0.337 e. The summed E-state index contributed by atoms with van der Waals surface area (Å²) < 4.78 is 2.03. The highest BCUT2D eigenvalue weighted by molar-refractivity contribution is 5.94. The highest BCUT2D eigenvalue weighted by Crippen LogP contribution is 2.31. The van der Waals surface area contributed by atoms with Crippen LogP contribution in [0.25, 0.3) is 11.4 Å². The Balaban J connectivity index is 1.50. The number of carbonyl (C=O) groups excluding carboxylic acids is 1.